The van der Waals surface area contributed by atoms with Crippen LogP contribution in [0.1, 0.15) is 32.1 Å². The molecule has 0 bridgehead atoms. The van der Waals surface area contributed by atoms with Gasteiger partial charge >= 0.3 is 0 Å². The Bertz CT molecular complexity index is 553. The van der Waals surface area contributed by atoms with Crippen molar-refractivity contribution in [2.24, 2.45) is 0 Å². The van der Waals surface area contributed by atoms with Crippen molar-refractivity contribution in [3.63, 3.8) is 0 Å². The van der Waals surface area contributed by atoms with Crippen LogP contribution in [0.5, 0.6) is 0 Å². The summed E-state index contributed by atoms with van der Waals surface area (Å²) in [6, 6.07) is 1.85. The summed E-state index contributed by atoms with van der Waals surface area (Å²) in [4.78, 5) is 17.9. The normalized spacial score (nSPS) is 28.1. The van der Waals surface area contributed by atoms with Gasteiger partial charge in [-0.05, 0) is 108 Å². The lowest BCUT2D eigenvalue weighted by Crippen LogP contribution is -2.65. The predicted molar refractivity (Wildman–Crippen MR) is 140 cm³/mol. The quantitative estimate of drug-likeness (QED) is 0.440. The lowest BCUT2D eigenvalue weighted by molar-refractivity contribution is -0.0989. The molecule has 3 rings (SSSR count). The van der Waals surface area contributed by atoms with Crippen molar-refractivity contribution in [3.8, 4) is 0 Å². The van der Waals surface area contributed by atoms with Crippen LogP contribution in [-0.4, -0.2) is 167 Å². The summed E-state index contributed by atoms with van der Waals surface area (Å²) in [5, 5.41) is 4.01. The maximum absolute atomic E-state index is 4.01. The highest BCUT2D eigenvalue weighted by atomic mass is 15.5. The summed E-state index contributed by atoms with van der Waals surface area (Å²) in [5.74, 6) is 0. The first-order valence-corrected chi connectivity index (χ1v) is 13.4. The molecule has 0 aromatic carbocycles. The molecular weight excluding hydrogens is 412 g/mol. The van der Waals surface area contributed by atoms with Crippen LogP contribution in [0.25, 0.3) is 0 Å². The van der Waals surface area contributed by atoms with Gasteiger partial charge < -0.3 is 24.9 Å². The van der Waals surface area contributed by atoms with Gasteiger partial charge in [0.2, 0.25) is 0 Å². The summed E-state index contributed by atoms with van der Waals surface area (Å²) >= 11 is 0. The van der Waals surface area contributed by atoms with Gasteiger partial charge in [0.1, 0.15) is 6.29 Å². The number of likely N-dealkylation sites (N-methyl/N-ethyl adjacent to an activating group) is 5. The SMILES string of the molecule is CN(C)CCN(C)C(N(C)C1CCN(C)C1)N(CNC1CCCN(C)C1)C1CCN(C)CC1. The molecule has 0 spiro atoms. The van der Waals surface area contributed by atoms with Crippen molar-refractivity contribution in [1.82, 2.24) is 39.6 Å². The number of likely N-dealkylation sites (tertiary alicyclic amines) is 3. The Kier molecular flexibility index (Phi) is 10.8. The van der Waals surface area contributed by atoms with Crippen LogP contribution in [0.2, 0.25) is 0 Å². The average Bonchev–Trinajstić information content (AvgIpc) is 3.22. The molecule has 8 nitrogen and oxygen atoms in total. The van der Waals surface area contributed by atoms with Crippen molar-refractivity contribution >= 4 is 0 Å². The Labute approximate surface area is 204 Å². The van der Waals surface area contributed by atoms with E-state index in [1.165, 1.54) is 71.4 Å². The fraction of sp³-hybridized carbons (Fsp3) is 1.00. The number of hydrogen-bond donors (Lipinski definition) is 1. The Morgan fingerprint density at radius 2 is 1.39 bits per heavy atom. The minimum Gasteiger partial charge on any atom is -0.308 e. The van der Waals surface area contributed by atoms with Crippen molar-refractivity contribution in [3.05, 3.63) is 0 Å². The molecule has 0 aliphatic carbocycles. The van der Waals surface area contributed by atoms with Crippen LogP contribution in [-0.2, 0) is 0 Å². The third-order valence-corrected chi connectivity index (χ3v) is 8.24. The molecule has 1 N–H and O–H groups in total. The fourth-order valence-corrected chi connectivity index (χ4v) is 6.00. The topological polar surface area (TPSA) is 34.7 Å². The molecule has 3 fully saturated rings. The smallest absolute Gasteiger partial charge is 0.120 e. The van der Waals surface area contributed by atoms with Crippen molar-refractivity contribution in [2.75, 3.05) is 108 Å². The van der Waals surface area contributed by atoms with Crippen LogP contribution in [0, 0.1) is 0 Å². The highest BCUT2D eigenvalue weighted by molar-refractivity contribution is 4.89. The first-order chi connectivity index (χ1) is 15.7. The molecule has 3 atom stereocenters. The van der Waals surface area contributed by atoms with E-state index in [0.717, 1.165) is 19.8 Å². The zero-order valence-corrected chi connectivity index (χ0v) is 22.8. The number of piperidine rings is 2. The number of hydrogen-bond acceptors (Lipinski definition) is 8. The minimum absolute atomic E-state index is 0.323. The summed E-state index contributed by atoms with van der Waals surface area (Å²) in [5.41, 5.74) is 0. The van der Waals surface area contributed by atoms with Crippen LogP contribution in [0.15, 0.2) is 0 Å². The molecule has 3 aliphatic rings. The standard InChI is InChI=1S/C25H54N8/c1-27(2)17-18-31(6)25(32(7)24-12-16-30(5)20-24)33(23-10-14-28(3)15-11-23)21-26-22-9-8-13-29(4)19-22/h22-26H,8-21H2,1-7H3. The van der Waals surface area contributed by atoms with Crippen LogP contribution in [0.4, 0.5) is 0 Å². The van der Waals surface area contributed by atoms with Crippen molar-refractivity contribution in [2.45, 2.75) is 56.5 Å². The second-order valence-corrected chi connectivity index (χ2v) is 11.5. The summed E-state index contributed by atoms with van der Waals surface area (Å²) in [7, 11) is 15.9. The minimum atomic E-state index is 0.323. The van der Waals surface area contributed by atoms with Crippen LogP contribution >= 0.6 is 0 Å². The molecular formula is C25H54N8. The van der Waals surface area contributed by atoms with Crippen molar-refractivity contribution < 1.29 is 0 Å². The average molecular weight is 467 g/mol. The van der Waals surface area contributed by atoms with E-state index < -0.39 is 0 Å². The van der Waals surface area contributed by atoms with Crippen molar-refractivity contribution in [1.29, 1.82) is 0 Å². The largest absolute Gasteiger partial charge is 0.308 e. The Morgan fingerprint density at radius 3 is 2.00 bits per heavy atom. The lowest BCUT2D eigenvalue weighted by atomic mass is 10.0. The third-order valence-electron chi connectivity index (χ3n) is 8.24. The lowest BCUT2D eigenvalue weighted by Gasteiger charge is -2.50. The molecule has 33 heavy (non-hydrogen) atoms. The van der Waals surface area contributed by atoms with E-state index >= 15 is 0 Å². The second kappa shape index (κ2) is 13.1. The molecule has 0 aromatic rings. The van der Waals surface area contributed by atoms with E-state index in [-0.39, 0.29) is 0 Å². The van der Waals surface area contributed by atoms with Gasteiger partial charge in [-0.3, -0.25) is 14.7 Å². The molecule has 0 saturated carbocycles. The first kappa shape index (κ1) is 27.3. The maximum Gasteiger partial charge on any atom is 0.120 e. The van der Waals surface area contributed by atoms with Gasteiger partial charge in [0.15, 0.2) is 0 Å². The monoisotopic (exact) mass is 466 g/mol. The van der Waals surface area contributed by atoms with Gasteiger partial charge in [-0.1, -0.05) is 0 Å². The second-order valence-electron chi connectivity index (χ2n) is 11.5. The summed E-state index contributed by atoms with van der Waals surface area (Å²) < 4.78 is 0. The number of nitrogens with one attached hydrogen (secondary N) is 1. The van der Waals surface area contributed by atoms with Gasteiger partial charge in [0.05, 0.1) is 6.67 Å². The summed E-state index contributed by atoms with van der Waals surface area (Å²) in [6.45, 7) is 10.4. The molecule has 3 saturated heterocycles. The zero-order chi connectivity index (χ0) is 24.0. The Balaban J connectivity index is 1.78. The zero-order valence-electron chi connectivity index (χ0n) is 22.8. The third kappa shape index (κ3) is 8.10. The van der Waals surface area contributed by atoms with E-state index in [0.29, 0.717) is 24.4 Å². The predicted octanol–water partition coefficient (Wildman–Crippen LogP) is 0.437. The van der Waals surface area contributed by atoms with Gasteiger partial charge in [-0.15, -0.1) is 0 Å². The van der Waals surface area contributed by atoms with Gasteiger partial charge in [-0.2, -0.15) is 0 Å². The van der Waals surface area contributed by atoms with E-state index in [2.05, 4.69) is 88.9 Å². The highest BCUT2D eigenvalue weighted by Crippen LogP contribution is 2.24. The molecule has 3 aliphatic heterocycles. The molecule has 194 valence electrons. The molecule has 8 heteroatoms. The van der Waals surface area contributed by atoms with Crippen LogP contribution < -0.4 is 5.32 Å². The van der Waals surface area contributed by atoms with Gasteiger partial charge in [0.25, 0.3) is 0 Å². The van der Waals surface area contributed by atoms with E-state index in [9.17, 15) is 0 Å². The highest BCUT2D eigenvalue weighted by Gasteiger charge is 2.37. The molecule has 3 unspecified atom stereocenters. The van der Waals surface area contributed by atoms with Crippen LogP contribution in [0.3, 0.4) is 0 Å². The summed E-state index contributed by atoms with van der Waals surface area (Å²) in [6.07, 6.45) is 6.73. The Morgan fingerprint density at radius 1 is 0.758 bits per heavy atom. The number of rotatable bonds is 11. The first-order valence-electron chi connectivity index (χ1n) is 13.4. The van der Waals surface area contributed by atoms with Gasteiger partial charge in [0, 0.05) is 44.3 Å². The molecule has 0 radical (unpaired) electrons. The van der Waals surface area contributed by atoms with Gasteiger partial charge in [-0.25, -0.2) is 0 Å². The fourth-order valence-electron chi connectivity index (χ4n) is 6.00. The molecule has 0 aromatic heterocycles. The van der Waals surface area contributed by atoms with E-state index in [4.69, 9.17) is 0 Å². The Hall–Kier alpha value is -0.320. The van der Waals surface area contributed by atoms with E-state index in [1.54, 1.807) is 0 Å². The molecule has 0 amide bonds. The van der Waals surface area contributed by atoms with E-state index in [1.807, 2.05) is 0 Å². The maximum atomic E-state index is 4.01. The molecule has 3 heterocycles. The number of nitrogens with zero attached hydrogens (tertiary/aromatic N) is 7.